The molecule has 0 spiro atoms. The molecule has 2 N–H and O–H groups in total. The van der Waals surface area contributed by atoms with Crippen molar-refractivity contribution in [3.63, 3.8) is 0 Å². The third kappa shape index (κ3) is 3.19. The Morgan fingerprint density at radius 1 is 1.53 bits per heavy atom. The van der Waals surface area contributed by atoms with Gasteiger partial charge in [0.2, 0.25) is 5.91 Å². The van der Waals surface area contributed by atoms with Gasteiger partial charge < -0.3 is 10.4 Å². The van der Waals surface area contributed by atoms with Crippen molar-refractivity contribution < 1.29 is 9.90 Å². The minimum Gasteiger partial charge on any atom is -0.391 e. The molecule has 0 aromatic carbocycles. The highest BCUT2D eigenvalue weighted by molar-refractivity contribution is 5.76. The lowest BCUT2D eigenvalue weighted by Crippen LogP contribution is -2.55. The predicted octanol–water partition coefficient (Wildman–Crippen LogP) is 0.890. The smallest absolute Gasteiger partial charge is 0.220 e. The first-order chi connectivity index (χ1) is 8.20. The molecule has 2 fully saturated rings. The Labute approximate surface area is 103 Å². The number of rotatable bonds is 4. The van der Waals surface area contributed by atoms with E-state index in [-0.39, 0.29) is 18.1 Å². The first-order valence-corrected chi connectivity index (χ1v) is 6.92. The summed E-state index contributed by atoms with van der Waals surface area (Å²) >= 11 is 0. The van der Waals surface area contributed by atoms with E-state index >= 15 is 0 Å². The predicted molar refractivity (Wildman–Crippen MR) is 66.7 cm³/mol. The van der Waals surface area contributed by atoms with Crippen molar-refractivity contribution in [3.05, 3.63) is 0 Å². The number of piperidine rings is 1. The number of fused-ring (bicyclic) bond motifs is 1. The highest BCUT2D eigenvalue weighted by atomic mass is 16.3. The molecule has 98 valence electrons. The number of unbranched alkanes of at least 4 members (excludes halogenated alkanes) is 1. The molecule has 4 nitrogen and oxygen atoms in total. The number of amides is 1. The average molecular weight is 240 g/mol. The number of hydrogen-bond acceptors (Lipinski definition) is 3. The summed E-state index contributed by atoms with van der Waals surface area (Å²) in [5, 5.41) is 13.1. The minimum atomic E-state index is -0.261. The lowest BCUT2D eigenvalue weighted by atomic mass is 9.95. The Hall–Kier alpha value is -0.610. The number of carbonyl (C=O) groups excluding carboxylic acids is 1. The van der Waals surface area contributed by atoms with Crippen molar-refractivity contribution in [2.24, 2.45) is 0 Å². The number of carbonyl (C=O) groups is 1. The summed E-state index contributed by atoms with van der Waals surface area (Å²) in [5.41, 5.74) is 0. The summed E-state index contributed by atoms with van der Waals surface area (Å²) in [7, 11) is 0. The Bertz CT molecular complexity index is 270. The van der Waals surface area contributed by atoms with E-state index in [0.717, 1.165) is 38.8 Å². The highest BCUT2D eigenvalue weighted by Crippen LogP contribution is 2.27. The van der Waals surface area contributed by atoms with Crippen molar-refractivity contribution in [1.82, 2.24) is 10.2 Å². The Morgan fingerprint density at radius 2 is 2.35 bits per heavy atom. The van der Waals surface area contributed by atoms with Crippen LogP contribution in [0.3, 0.4) is 0 Å². The molecule has 0 saturated carbocycles. The maximum Gasteiger partial charge on any atom is 0.220 e. The minimum absolute atomic E-state index is 0.140. The molecule has 3 atom stereocenters. The van der Waals surface area contributed by atoms with Crippen molar-refractivity contribution in [3.8, 4) is 0 Å². The van der Waals surface area contributed by atoms with Crippen molar-refractivity contribution in [2.75, 3.05) is 13.1 Å². The molecule has 0 aromatic heterocycles. The summed E-state index contributed by atoms with van der Waals surface area (Å²) in [6.45, 7) is 4.08. The first kappa shape index (κ1) is 12.8. The molecule has 1 amide bonds. The molecule has 2 saturated heterocycles. The summed E-state index contributed by atoms with van der Waals surface area (Å²) in [5.74, 6) is 0.140. The van der Waals surface area contributed by atoms with E-state index in [9.17, 15) is 9.90 Å². The largest absolute Gasteiger partial charge is 0.391 e. The molecule has 2 aliphatic rings. The Balaban J connectivity index is 1.80. The van der Waals surface area contributed by atoms with Crippen LogP contribution in [0.1, 0.15) is 45.4 Å². The maximum atomic E-state index is 11.7. The van der Waals surface area contributed by atoms with Gasteiger partial charge in [-0.1, -0.05) is 13.3 Å². The molecule has 4 heteroatoms. The lowest BCUT2D eigenvalue weighted by molar-refractivity contribution is -0.122. The van der Waals surface area contributed by atoms with Crippen LogP contribution in [-0.2, 0) is 4.79 Å². The topological polar surface area (TPSA) is 52.6 Å². The van der Waals surface area contributed by atoms with E-state index in [1.807, 2.05) is 0 Å². The monoisotopic (exact) mass is 240 g/mol. The standard InChI is InChI=1S/C13H24N2O2/c1-2-3-6-13(17)14-10-8-12(16)11-5-4-7-15(11)9-10/h10-12,16H,2-9H2,1H3,(H,14,17)/t10?,11?,12-/m0/s1. The molecule has 0 aromatic rings. The van der Waals surface area contributed by atoms with Gasteiger partial charge in [0.15, 0.2) is 0 Å². The molecular formula is C13H24N2O2. The molecule has 2 heterocycles. The second-order valence-corrected chi connectivity index (χ2v) is 5.38. The van der Waals surface area contributed by atoms with Gasteiger partial charge in [-0.2, -0.15) is 0 Å². The summed E-state index contributed by atoms with van der Waals surface area (Å²) in [6.07, 6.45) is 5.37. The van der Waals surface area contributed by atoms with Gasteiger partial charge in [0.25, 0.3) is 0 Å². The van der Waals surface area contributed by atoms with Gasteiger partial charge in [-0.15, -0.1) is 0 Å². The van der Waals surface area contributed by atoms with Crippen LogP contribution in [0.4, 0.5) is 0 Å². The van der Waals surface area contributed by atoms with E-state index in [4.69, 9.17) is 0 Å². The lowest BCUT2D eigenvalue weighted by Gasteiger charge is -2.38. The van der Waals surface area contributed by atoms with Crippen molar-refractivity contribution in [1.29, 1.82) is 0 Å². The van der Waals surface area contributed by atoms with E-state index in [1.54, 1.807) is 0 Å². The second-order valence-electron chi connectivity index (χ2n) is 5.38. The van der Waals surface area contributed by atoms with Crippen LogP contribution >= 0.6 is 0 Å². The number of aliphatic hydroxyl groups is 1. The number of aliphatic hydroxyl groups excluding tert-OH is 1. The van der Waals surface area contributed by atoms with Crippen LogP contribution in [0.15, 0.2) is 0 Å². The quantitative estimate of drug-likeness (QED) is 0.767. The van der Waals surface area contributed by atoms with Crippen LogP contribution in [0, 0.1) is 0 Å². The van der Waals surface area contributed by atoms with Crippen molar-refractivity contribution in [2.45, 2.75) is 63.6 Å². The normalized spacial score (nSPS) is 33.4. The Morgan fingerprint density at radius 3 is 3.12 bits per heavy atom. The highest BCUT2D eigenvalue weighted by Gasteiger charge is 2.37. The van der Waals surface area contributed by atoms with Crippen LogP contribution in [0.5, 0.6) is 0 Å². The third-order valence-corrected chi connectivity index (χ3v) is 3.96. The van der Waals surface area contributed by atoms with Crippen molar-refractivity contribution >= 4 is 5.91 Å². The van der Waals surface area contributed by atoms with Gasteiger partial charge in [0.1, 0.15) is 0 Å². The van der Waals surface area contributed by atoms with E-state index in [0.29, 0.717) is 12.5 Å². The zero-order chi connectivity index (χ0) is 12.3. The number of nitrogens with one attached hydrogen (secondary N) is 1. The average Bonchev–Trinajstić information content (AvgIpc) is 2.75. The molecule has 2 aliphatic heterocycles. The van der Waals surface area contributed by atoms with Crippen LogP contribution in [0.2, 0.25) is 0 Å². The van der Waals surface area contributed by atoms with E-state index in [1.165, 1.54) is 6.42 Å². The Kier molecular flexibility index (Phi) is 4.40. The molecule has 0 bridgehead atoms. The molecule has 2 rings (SSSR count). The molecule has 2 unspecified atom stereocenters. The molecule has 17 heavy (non-hydrogen) atoms. The van der Waals surface area contributed by atoms with E-state index < -0.39 is 0 Å². The molecule has 0 aliphatic carbocycles. The zero-order valence-corrected chi connectivity index (χ0v) is 10.7. The fourth-order valence-electron chi connectivity index (χ4n) is 3.06. The second kappa shape index (κ2) is 5.83. The summed E-state index contributed by atoms with van der Waals surface area (Å²) in [6, 6.07) is 0.488. The van der Waals surface area contributed by atoms with Gasteiger partial charge in [0, 0.05) is 25.0 Å². The van der Waals surface area contributed by atoms with Gasteiger partial charge in [0.05, 0.1) is 6.10 Å². The summed E-state index contributed by atoms with van der Waals surface area (Å²) in [4.78, 5) is 14.0. The van der Waals surface area contributed by atoms with Crippen LogP contribution in [0.25, 0.3) is 0 Å². The fourth-order valence-corrected chi connectivity index (χ4v) is 3.06. The van der Waals surface area contributed by atoms with Gasteiger partial charge >= 0.3 is 0 Å². The van der Waals surface area contributed by atoms with Crippen LogP contribution < -0.4 is 5.32 Å². The molecular weight excluding hydrogens is 216 g/mol. The molecule has 0 radical (unpaired) electrons. The zero-order valence-electron chi connectivity index (χ0n) is 10.7. The maximum absolute atomic E-state index is 11.7. The SMILES string of the molecule is CCCCC(=O)NC1C[C@H](O)C2CCCN2C1. The number of hydrogen-bond donors (Lipinski definition) is 2. The fraction of sp³-hybridized carbons (Fsp3) is 0.923. The summed E-state index contributed by atoms with van der Waals surface area (Å²) < 4.78 is 0. The van der Waals surface area contributed by atoms with Gasteiger partial charge in [-0.05, 0) is 32.2 Å². The first-order valence-electron chi connectivity index (χ1n) is 6.92. The van der Waals surface area contributed by atoms with Gasteiger partial charge in [-0.25, -0.2) is 0 Å². The van der Waals surface area contributed by atoms with Crippen LogP contribution in [-0.4, -0.2) is 47.2 Å². The van der Waals surface area contributed by atoms with Gasteiger partial charge in [-0.3, -0.25) is 9.69 Å². The third-order valence-electron chi connectivity index (χ3n) is 3.96. The van der Waals surface area contributed by atoms with E-state index in [2.05, 4.69) is 17.1 Å². The number of nitrogens with zero attached hydrogens (tertiary/aromatic N) is 1.